The fraction of sp³-hybridized carbons (Fsp3) is 0. The molecule has 1 aliphatic rings. The minimum Gasteiger partial charge on any atom is -0.289 e. The molecular formula is C14H8O5S. The molecule has 2 aromatic rings. The smallest absolute Gasteiger partial charge is 0.195 e. The molecular weight excluding hydrogens is 280 g/mol. The van der Waals surface area contributed by atoms with E-state index in [1.165, 1.54) is 0 Å². The van der Waals surface area contributed by atoms with Crippen molar-refractivity contribution in [2.45, 2.75) is 4.90 Å². The van der Waals surface area contributed by atoms with E-state index in [1.54, 1.807) is 42.5 Å². The number of hydrogen-bond acceptors (Lipinski definition) is 6. The second-order valence-electron chi connectivity index (χ2n) is 4.11. The SMILES string of the molecule is O=C1c2ccccc2C(=O)c2c(SOOO)cccc21. The normalized spacial score (nSPS) is 13.1. The number of ketones is 2. The summed E-state index contributed by atoms with van der Waals surface area (Å²) in [6.07, 6.45) is 0. The number of fused-ring (bicyclic) bond motifs is 2. The van der Waals surface area contributed by atoms with Gasteiger partial charge in [-0.2, -0.15) is 0 Å². The lowest BCUT2D eigenvalue weighted by atomic mass is 9.84. The molecule has 0 saturated heterocycles. The summed E-state index contributed by atoms with van der Waals surface area (Å²) in [5.74, 6) is -0.456. The van der Waals surface area contributed by atoms with E-state index >= 15 is 0 Å². The fourth-order valence-electron chi connectivity index (χ4n) is 2.23. The molecule has 3 rings (SSSR count). The lowest BCUT2D eigenvalue weighted by Crippen LogP contribution is -2.21. The van der Waals surface area contributed by atoms with E-state index in [2.05, 4.69) is 9.37 Å². The molecule has 100 valence electrons. The van der Waals surface area contributed by atoms with Gasteiger partial charge in [0.2, 0.25) is 0 Å². The van der Waals surface area contributed by atoms with Crippen molar-refractivity contribution < 1.29 is 24.2 Å². The molecule has 0 spiro atoms. The average Bonchev–Trinajstić information content (AvgIpc) is 2.50. The van der Waals surface area contributed by atoms with Crippen molar-refractivity contribution >= 4 is 23.6 Å². The number of benzene rings is 2. The van der Waals surface area contributed by atoms with Crippen LogP contribution in [0.1, 0.15) is 31.8 Å². The highest BCUT2D eigenvalue weighted by molar-refractivity contribution is 7.94. The Bertz CT molecular complexity index is 710. The minimum absolute atomic E-state index is 0.206. The maximum absolute atomic E-state index is 12.5. The standard InChI is InChI=1S/C14H8O5S/c15-13-8-4-1-2-5-9(8)14(16)12-10(13)6-3-7-11(12)20-19-18-17/h1-7,17H. The lowest BCUT2D eigenvalue weighted by molar-refractivity contribution is -0.432. The summed E-state index contributed by atoms with van der Waals surface area (Å²) in [4.78, 5) is 25.3. The first-order chi connectivity index (χ1) is 9.74. The van der Waals surface area contributed by atoms with Gasteiger partial charge in [-0.25, -0.2) is 5.26 Å². The van der Waals surface area contributed by atoms with Gasteiger partial charge in [0, 0.05) is 22.3 Å². The largest absolute Gasteiger partial charge is 0.289 e. The van der Waals surface area contributed by atoms with Gasteiger partial charge in [-0.05, 0) is 6.07 Å². The quantitative estimate of drug-likeness (QED) is 0.454. The van der Waals surface area contributed by atoms with Crippen molar-refractivity contribution in [1.29, 1.82) is 0 Å². The zero-order valence-electron chi connectivity index (χ0n) is 10.0. The first-order valence-electron chi connectivity index (χ1n) is 5.70. The minimum atomic E-state index is -0.250. The second kappa shape index (κ2) is 5.18. The van der Waals surface area contributed by atoms with E-state index in [0.29, 0.717) is 33.6 Å². The Kier molecular flexibility index (Phi) is 3.37. The summed E-state index contributed by atoms with van der Waals surface area (Å²) in [5.41, 5.74) is 1.34. The van der Waals surface area contributed by atoms with Crippen LogP contribution in [0, 0.1) is 0 Å². The molecule has 5 nitrogen and oxygen atoms in total. The van der Waals surface area contributed by atoms with E-state index in [9.17, 15) is 9.59 Å². The summed E-state index contributed by atoms with van der Waals surface area (Å²) < 4.78 is 4.37. The van der Waals surface area contributed by atoms with Crippen LogP contribution in [0.3, 0.4) is 0 Å². The molecule has 2 aromatic carbocycles. The Morgan fingerprint density at radius 1 is 0.850 bits per heavy atom. The van der Waals surface area contributed by atoms with Gasteiger partial charge in [0.05, 0.1) is 16.9 Å². The van der Waals surface area contributed by atoms with E-state index in [4.69, 9.17) is 5.26 Å². The molecule has 0 aromatic heterocycles. The first-order valence-corrected chi connectivity index (χ1v) is 6.44. The van der Waals surface area contributed by atoms with Gasteiger partial charge in [-0.1, -0.05) is 41.4 Å². The number of carbonyl (C=O) groups is 2. The van der Waals surface area contributed by atoms with Crippen LogP contribution in [0.15, 0.2) is 47.4 Å². The number of rotatable bonds is 3. The van der Waals surface area contributed by atoms with Crippen LogP contribution in [0.25, 0.3) is 0 Å². The molecule has 0 atom stereocenters. The molecule has 1 aliphatic carbocycles. The Morgan fingerprint density at radius 2 is 1.50 bits per heavy atom. The molecule has 20 heavy (non-hydrogen) atoms. The third kappa shape index (κ3) is 1.95. The van der Waals surface area contributed by atoms with E-state index in [1.807, 2.05) is 0 Å². The Labute approximate surface area is 118 Å². The second-order valence-corrected chi connectivity index (χ2v) is 4.85. The zero-order valence-corrected chi connectivity index (χ0v) is 10.8. The van der Waals surface area contributed by atoms with Crippen LogP contribution in [0.2, 0.25) is 0 Å². The van der Waals surface area contributed by atoms with Crippen molar-refractivity contribution in [3.63, 3.8) is 0 Å². The maximum Gasteiger partial charge on any atom is 0.195 e. The van der Waals surface area contributed by atoms with Crippen LogP contribution in [-0.4, -0.2) is 16.8 Å². The van der Waals surface area contributed by atoms with Gasteiger partial charge >= 0.3 is 0 Å². The van der Waals surface area contributed by atoms with Crippen molar-refractivity contribution in [3.05, 3.63) is 64.7 Å². The van der Waals surface area contributed by atoms with Crippen LogP contribution >= 0.6 is 12.0 Å². The number of carbonyl (C=O) groups excluding carboxylic acids is 2. The van der Waals surface area contributed by atoms with Gasteiger partial charge in [-0.15, -0.1) is 4.33 Å². The molecule has 0 bridgehead atoms. The molecule has 0 heterocycles. The highest BCUT2D eigenvalue weighted by atomic mass is 32.2. The van der Waals surface area contributed by atoms with Crippen LogP contribution in [-0.2, 0) is 9.37 Å². The average molecular weight is 288 g/mol. The van der Waals surface area contributed by atoms with Crippen molar-refractivity contribution in [1.82, 2.24) is 0 Å². The zero-order chi connectivity index (χ0) is 14.1. The predicted molar refractivity (Wildman–Crippen MR) is 70.4 cm³/mol. The summed E-state index contributed by atoms with van der Waals surface area (Å²) in [5, 5.41) is 11.7. The molecule has 0 aliphatic heterocycles. The first kappa shape index (κ1) is 13.0. The summed E-state index contributed by atoms with van der Waals surface area (Å²) in [6, 6.07) is 11.5. The third-order valence-electron chi connectivity index (χ3n) is 3.07. The van der Waals surface area contributed by atoms with Crippen LogP contribution in [0.4, 0.5) is 0 Å². The van der Waals surface area contributed by atoms with Gasteiger partial charge in [0.1, 0.15) is 0 Å². The van der Waals surface area contributed by atoms with Gasteiger partial charge in [0.15, 0.2) is 11.6 Å². The molecule has 0 radical (unpaired) electrons. The molecule has 6 heteroatoms. The van der Waals surface area contributed by atoms with E-state index < -0.39 is 0 Å². The van der Waals surface area contributed by atoms with Crippen molar-refractivity contribution in [3.8, 4) is 0 Å². The van der Waals surface area contributed by atoms with E-state index in [0.717, 1.165) is 0 Å². The summed E-state index contributed by atoms with van der Waals surface area (Å²) in [7, 11) is 0. The number of hydrogen-bond donors (Lipinski definition) is 1. The highest BCUT2D eigenvalue weighted by Crippen LogP contribution is 2.34. The molecule has 1 N–H and O–H groups in total. The molecule has 0 unspecified atom stereocenters. The van der Waals surface area contributed by atoms with Gasteiger partial charge in [0.25, 0.3) is 0 Å². The Morgan fingerprint density at radius 3 is 2.20 bits per heavy atom. The fourth-order valence-corrected chi connectivity index (χ4v) is 2.76. The molecule has 0 fully saturated rings. The topological polar surface area (TPSA) is 72.8 Å². The summed E-state index contributed by atoms with van der Waals surface area (Å²) in [6.45, 7) is 0. The van der Waals surface area contributed by atoms with Crippen molar-refractivity contribution in [2.24, 2.45) is 0 Å². The lowest BCUT2D eigenvalue weighted by Gasteiger charge is -2.18. The predicted octanol–water partition coefficient (Wildman–Crippen LogP) is 2.89. The monoisotopic (exact) mass is 288 g/mol. The van der Waals surface area contributed by atoms with Gasteiger partial charge in [-0.3, -0.25) is 9.59 Å². The molecule has 0 amide bonds. The third-order valence-corrected chi connectivity index (χ3v) is 3.72. The summed E-state index contributed by atoms with van der Waals surface area (Å²) >= 11 is 0.670. The van der Waals surface area contributed by atoms with Gasteiger partial charge < -0.3 is 0 Å². The maximum atomic E-state index is 12.5. The Hall–Kier alpha value is -1.99. The van der Waals surface area contributed by atoms with E-state index in [-0.39, 0.29) is 17.1 Å². The van der Waals surface area contributed by atoms with Crippen LogP contribution < -0.4 is 0 Å². The molecule has 0 saturated carbocycles. The highest BCUT2D eigenvalue weighted by Gasteiger charge is 2.31. The van der Waals surface area contributed by atoms with Crippen molar-refractivity contribution in [2.75, 3.05) is 0 Å². The van der Waals surface area contributed by atoms with Crippen LogP contribution in [0.5, 0.6) is 0 Å². The Balaban J connectivity index is 2.18.